The van der Waals surface area contributed by atoms with Gasteiger partial charge in [-0.2, -0.15) is 0 Å². The van der Waals surface area contributed by atoms with Crippen LogP contribution in [0.15, 0.2) is 23.1 Å². The lowest BCUT2D eigenvalue weighted by Gasteiger charge is -1.99. The largest absolute Gasteiger partial charge is 0.384 e. The van der Waals surface area contributed by atoms with E-state index in [1.165, 1.54) is 4.57 Å². The van der Waals surface area contributed by atoms with Crippen LogP contribution in [0.5, 0.6) is 0 Å². The van der Waals surface area contributed by atoms with Crippen LogP contribution < -0.4 is 10.9 Å². The fourth-order valence-corrected chi connectivity index (χ4v) is 0.788. The van der Waals surface area contributed by atoms with E-state index in [2.05, 4.69) is 5.32 Å². The molecule has 0 saturated carbocycles. The minimum Gasteiger partial charge on any atom is -0.384 e. The molecule has 1 N–H and O–H groups in total. The van der Waals surface area contributed by atoms with Crippen molar-refractivity contribution in [2.24, 2.45) is 7.05 Å². The molecule has 10 heavy (non-hydrogen) atoms. The number of pyridine rings is 1. The van der Waals surface area contributed by atoms with E-state index >= 15 is 0 Å². The third-order valence-corrected chi connectivity index (χ3v) is 1.39. The van der Waals surface area contributed by atoms with Crippen LogP contribution in [0.1, 0.15) is 0 Å². The SMILES string of the molecule is CNc1cccn(C)c1=O. The van der Waals surface area contributed by atoms with Gasteiger partial charge in [0.2, 0.25) is 0 Å². The minimum absolute atomic E-state index is 0.00463. The second kappa shape index (κ2) is 2.56. The molecule has 0 aliphatic rings. The predicted molar refractivity (Wildman–Crippen MR) is 41.2 cm³/mol. The Morgan fingerprint density at radius 2 is 2.30 bits per heavy atom. The summed E-state index contributed by atoms with van der Waals surface area (Å²) in [7, 11) is 3.46. The van der Waals surface area contributed by atoms with Gasteiger partial charge in [-0.1, -0.05) is 0 Å². The Morgan fingerprint density at radius 3 is 2.80 bits per heavy atom. The lowest BCUT2D eigenvalue weighted by atomic mass is 10.4. The van der Waals surface area contributed by atoms with Gasteiger partial charge >= 0.3 is 0 Å². The highest BCUT2D eigenvalue weighted by atomic mass is 16.1. The Balaban J connectivity index is 3.28. The van der Waals surface area contributed by atoms with Crippen LogP contribution in [-0.4, -0.2) is 11.6 Å². The van der Waals surface area contributed by atoms with Crippen LogP contribution in [0.2, 0.25) is 0 Å². The van der Waals surface area contributed by atoms with Crippen molar-refractivity contribution in [1.82, 2.24) is 4.57 Å². The molecule has 3 heteroatoms. The normalized spacial score (nSPS) is 9.40. The molecule has 1 aromatic rings. The van der Waals surface area contributed by atoms with Crippen LogP contribution in [0.3, 0.4) is 0 Å². The summed E-state index contributed by atoms with van der Waals surface area (Å²) in [5.74, 6) is 0. The molecule has 1 heterocycles. The maximum absolute atomic E-state index is 11.1. The summed E-state index contributed by atoms with van der Waals surface area (Å²) in [6.45, 7) is 0. The first kappa shape index (κ1) is 6.86. The highest BCUT2D eigenvalue weighted by Crippen LogP contribution is 1.93. The first-order valence-corrected chi connectivity index (χ1v) is 3.09. The van der Waals surface area contributed by atoms with Gasteiger partial charge in [0.25, 0.3) is 5.56 Å². The second-order valence-electron chi connectivity index (χ2n) is 2.09. The van der Waals surface area contributed by atoms with Gasteiger partial charge in [0.1, 0.15) is 5.69 Å². The van der Waals surface area contributed by atoms with Crippen molar-refractivity contribution in [3.63, 3.8) is 0 Å². The summed E-state index contributed by atoms with van der Waals surface area (Å²) in [5.41, 5.74) is 0.634. The Bertz CT molecular complexity index is 277. The molecule has 54 valence electrons. The molecule has 0 aliphatic heterocycles. The standard InChI is InChI=1S/C7H10N2O/c1-8-6-4-3-5-9(2)7(6)10/h3-5,8H,1-2H3. The Labute approximate surface area is 59.3 Å². The van der Waals surface area contributed by atoms with Crippen molar-refractivity contribution in [3.8, 4) is 0 Å². The molecular formula is C7H10N2O. The lowest BCUT2D eigenvalue weighted by molar-refractivity contribution is 0.862. The van der Waals surface area contributed by atoms with E-state index in [-0.39, 0.29) is 5.56 Å². The number of hydrogen-bond donors (Lipinski definition) is 1. The zero-order valence-corrected chi connectivity index (χ0v) is 6.09. The zero-order valence-electron chi connectivity index (χ0n) is 6.09. The topological polar surface area (TPSA) is 34.0 Å². The molecule has 0 unspecified atom stereocenters. The third-order valence-electron chi connectivity index (χ3n) is 1.39. The molecule has 0 spiro atoms. The molecule has 0 amide bonds. The van der Waals surface area contributed by atoms with Gasteiger partial charge in [-0.3, -0.25) is 4.79 Å². The quantitative estimate of drug-likeness (QED) is 0.610. The molecule has 0 bridgehead atoms. The molecular weight excluding hydrogens is 128 g/mol. The Morgan fingerprint density at radius 1 is 1.60 bits per heavy atom. The fraction of sp³-hybridized carbons (Fsp3) is 0.286. The number of nitrogens with zero attached hydrogens (tertiary/aromatic N) is 1. The number of anilines is 1. The third kappa shape index (κ3) is 1.03. The van der Waals surface area contributed by atoms with Gasteiger partial charge in [0.15, 0.2) is 0 Å². The number of aromatic nitrogens is 1. The fourth-order valence-electron chi connectivity index (χ4n) is 0.788. The van der Waals surface area contributed by atoms with Crippen molar-refractivity contribution in [3.05, 3.63) is 28.7 Å². The number of aryl methyl sites for hydroxylation is 1. The van der Waals surface area contributed by atoms with Gasteiger partial charge in [0, 0.05) is 20.3 Å². The van der Waals surface area contributed by atoms with E-state index in [0.29, 0.717) is 5.69 Å². The number of hydrogen-bond acceptors (Lipinski definition) is 2. The zero-order chi connectivity index (χ0) is 7.56. The monoisotopic (exact) mass is 138 g/mol. The van der Waals surface area contributed by atoms with Crippen LogP contribution in [0.25, 0.3) is 0 Å². The van der Waals surface area contributed by atoms with Crippen LogP contribution in [0.4, 0.5) is 5.69 Å². The molecule has 0 atom stereocenters. The molecule has 0 saturated heterocycles. The van der Waals surface area contributed by atoms with E-state index < -0.39 is 0 Å². The average Bonchev–Trinajstić information content (AvgIpc) is 1.95. The molecule has 0 fully saturated rings. The second-order valence-corrected chi connectivity index (χ2v) is 2.09. The van der Waals surface area contributed by atoms with E-state index in [9.17, 15) is 4.79 Å². The van der Waals surface area contributed by atoms with Crippen molar-refractivity contribution < 1.29 is 0 Å². The van der Waals surface area contributed by atoms with Crippen LogP contribution >= 0.6 is 0 Å². The first-order chi connectivity index (χ1) is 4.75. The average molecular weight is 138 g/mol. The van der Waals surface area contributed by atoms with Gasteiger partial charge < -0.3 is 9.88 Å². The lowest BCUT2D eigenvalue weighted by Crippen LogP contribution is -2.18. The Hall–Kier alpha value is -1.25. The van der Waals surface area contributed by atoms with E-state index in [0.717, 1.165) is 0 Å². The highest BCUT2D eigenvalue weighted by molar-refractivity contribution is 5.38. The van der Waals surface area contributed by atoms with Crippen molar-refractivity contribution in [1.29, 1.82) is 0 Å². The highest BCUT2D eigenvalue weighted by Gasteiger charge is 1.94. The van der Waals surface area contributed by atoms with Gasteiger partial charge in [-0.05, 0) is 12.1 Å². The van der Waals surface area contributed by atoms with Crippen molar-refractivity contribution in [2.75, 3.05) is 12.4 Å². The van der Waals surface area contributed by atoms with Gasteiger partial charge in [-0.15, -0.1) is 0 Å². The summed E-state index contributed by atoms with van der Waals surface area (Å²) in [4.78, 5) is 11.1. The van der Waals surface area contributed by atoms with Gasteiger partial charge in [-0.25, -0.2) is 0 Å². The van der Waals surface area contributed by atoms with E-state index in [1.807, 2.05) is 6.07 Å². The van der Waals surface area contributed by atoms with Crippen molar-refractivity contribution in [2.45, 2.75) is 0 Å². The molecule has 3 nitrogen and oxygen atoms in total. The van der Waals surface area contributed by atoms with Crippen molar-refractivity contribution >= 4 is 5.69 Å². The molecule has 0 radical (unpaired) electrons. The van der Waals surface area contributed by atoms with Gasteiger partial charge in [0.05, 0.1) is 0 Å². The summed E-state index contributed by atoms with van der Waals surface area (Å²) in [6, 6.07) is 3.58. The first-order valence-electron chi connectivity index (χ1n) is 3.09. The summed E-state index contributed by atoms with van der Waals surface area (Å²) in [5, 5.41) is 2.80. The van der Waals surface area contributed by atoms with Crippen LogP contribution in [0, 0.1) is 0 Å². The molecule has 1 aromatic heterocycles. The molecule has 1 rings (SSSR count). The number of nitrogens with one attached hydrogen (secondary N) is 1. The minimum atomic E-state index is 0.00463. The molecule has 0 aliphatic carbocycles. The summed E-state index contributed by atoms with van der Waals surface area (Å²) >= 11 is 0. The predicted octanol–water partition coefficient (Wildman–Crippen LogP) is 0.427. The van der Waals surface area contributed by atoms with E-state index in [1.54, 1.807) is 26.4 Å². The maximum atomic E-state index is 11.1. The smallest absolute Gasteiger partial charge is 0.273 e. The number of rotatable bonds is 1. The van der Waals surface area contributed by atoms with Crippen LogP contribution in [-0.2, 0) is 7.05 Å². The Kier molecular flexibility index (Phi) is 1.76. The summed E-state index contributed by atoms with van der Waals surface area (Å²) in [6.07, 6.45) is 1.73. The maximum Gasteiger partial charge on any atom is 0.273 e. The summed E-state index contributed by atoms with van der Waals surface area (Å²) < 4.78 is 1.53. The van der Waals surface area contributed by atoms with E-state index in [4.69, 9.17) is 0 Å². The molecule has 0 aromatic carbocycles.